The van der Waals surface area contributed by atoms with E-state index in [0.717, 1.165) is 11.1 Å². The van der Waals surface area contributed by atoms with Crippen LogP contribution < -0.4 is 10.2 Å². The zero-order valence-electron chi connectivity index (χ0n) is 19.9. The molecule has 2 aromatic rings. The number of hydrogen-bond donors (Lipinski definition) is 1. The van der Waals surface area contributed by atoms with Crippen molar-refractivity contribution in [3.05, 3.63) is 82.4 Å². The van der Waals surface area contributed by atoms with E-state index in [9.17, 15) is 23.3 Å². The van der Waals surface area contributed by atoms with E-state index in [1.807, 2.05) is 30.0 Å². The number of carbonyl (C=O) groups is 1. The van der Waals surface area contributed by atoms with Crippen LogP contribution in [-0.2, 0) is 10.0 Å². The van der Waals surface area contributed by atoms with Gasteiger partial charge in [-0.3, -0.25) is 14.9 Å². The number of rotatable bonds is 7. The molecular formula is C24H32N4O5S. The number of amides is 1. The van der Waals surface area contributed by atoms with E-state index >= 15 is 0 Å². The monoisotopic (exact) mass is 488 g/mol. The van der Waals surface area contributed by atoms with E-state index in [-0.39, 0.29) is 23.3 Å². The normalized spacial score (nSPS) is 15.1. The van der Waals surface area contributed by atoms with E-state index < -0.39 is 14.9 Å². The number of nitro groups is 1. The average molecular weight is 489 g/mol. The predicted octanol–water partition coefficient (Wildman–Crippen LogP) is 3.38. The molecule has 1 atom stereocenters. The van der Waals surface area contributed by atoms with Crippen LogP contribution in [0, 0.1) is 10.1 Å². The highest BCUT2D eigenvalue weighted by Gasteiger charge is 2.29. The topological polar surface area (TPSA) is 113 Å². The first-order valence-corrected chi connectivity index (χ1v) is 12.6. The Morgan fingerprint density at radius 3 is 2.32 bits per heavy atom. The number of piperazine rings is 1. The second-order valence-corrected chi connectivity index (χ2v) is 9.94. The Morgan fingerprint density at radius 2 is 1.76 bits per heavy atom. The predicted molar refractivity (Wildman–Crippen MR) is 135 cm³/mol. The van der Waals surface area contributed by atoms with Crippen LogP contribution >= 0.6 is 0 Å². The molecule has 10 heteroatoms. The number of sulfonamides is 1. The first kappa shape index (κ1) is 27.0. The molecule has 1 unspecified atom stereocenters. The van der Waals surface area contributed by atoms with Gasteiger partial charge in [0.2, 0.25) is 10.0 Å². The molecule has 1 aliphatic rings. The van der Waals surface area contributed by atoms with E-state index in [1.165, 1.54) is 4.31 Å². The Bertz CT molecular complexity index is 1130. The van der Waals surface area contributed by atoms with Gasteiger partial charge >= 0.3 is 0 Å². The lowest BCUT2D eigenvalue weighted by molar-refractivity contribution is -0.384. The quantitative estimate of drug-likeness (QED) is 0.363. The second kappa shape index (κ2) is 11.8. The molecule has 9 nitrogen and oxygen atoms in total. The van der Waals surface area contributed by atoms with Gasteiger partial charge in [0, 0.05) is 50.8 Å². The first-order chi connectivity index (χ1) is 16.2. The van der Waals surface area contributed by atoms with Crippen LogP contribution in [0.5, 0.6) is 0 Å². The number of nitrogens with one attached hydrogen (secondary N) is 1. The second-order valence-electron chi connectivity index (χ2n) is 7.68. The SMILES string of the molecule is C=C.CCS(=O)(=O)N1CCN(c2ccc(C(C)c3ccccc3C(=O)NC)cc2[N+](=O)[O-])CC1. The summed E-state index contributed by atoms with van der Waals surface area (Å²) in [7, 11) is -1.71. The molecule has 3 rings (SSSR count). The maximum atomic E-state index is 12.3. The molecule has 34 heavy (non-hydrogen) atoms. The van der Waals surface area contributed by atoms with Gasteiger partial charge in [0.1, 0.15) is 5.69 Å². The fourth-order valence-electron chi connectivity index (χ4n) is 4.01. The van der Waals surface area contributed by atoms with Gasteiger partial charge in [0.05, 0.1) is 10.7 Å². The number of carbonyl (C=O) groups excluding carboxylic acids is 1. The van der Waals surface area contributed by atoms with Crippen molar-refractivity contribution >= 4 is 27.3 Å². The molecular weight excluding hydrogens is 456 g/mol. The first-order valence-electron chi connectivity index (χ1n) is 11.0. The highest BCUT2D eigenvalue weighted by Crippen LogP contribution is 2.35. The van der Waals surface area contributed by atoms with E-state index in [4.69, 9.17) is 0 Å². The summed E-state index contributed by atoms with van der Waals surface area (Å²) in [5, 5.41) is 14.5. The van der Waals surface area contributed by atoms with Gasteiger partial charge in [-0.05, 0) is 30.2 Å². The summed E-state index contributed by atoms with van der Waals surface area (Å²) in [6, 6.07) is 12.3. The zero-order chi connectivity index (χ0) is 25.5. The number of hydrogen-bond acceptors (Lipinski definition) is 6. The molecule has 1 aliphatic heterocycles. The molecule has 0 spiro atoms. The lowest BCUT2D eigenvalue weighted by Gasteiger charge is -2.35. The molecule has 184 valence electrons. The van der Waals surface area contributed by atoms with Crippen LogP contribution in [0.1, 0.15) is 41.3 Å². The summed E-state index contributed by atoms with van der Waals surface area (Å²) in [5.74, 6) is -0.404. The molecule has 0 bridgehead atoms. The fourth-order valence-corrected chi connectivity index (χ4v) is 5.09. The summed E-state index contributed by atoms with van der Waals surface area (Å²) in [6.07, 6.45) is 0. The van der Waals surface area contributed by atoms with Crippen molar-refractivity contribution in [3.8, 4) is 0 Å². The van der Waals surface area contributed by atoms with Crippen LogP contribution in [-0.4, -0.2) is 62.5 Å². The Hall–Kier alpha value is -3.24. The third-order valence-corrected chi connectivity index (χ3v) is 7.81. The molecule has 0 aromatic heterocycles. The maximum absolute atomic E-state index is 12.3. The molecule has 0 saturated carbocycles. The van der Waals surface area contributed by atoms with Crippen molar-refractivity contribution in [1.29, 1.82) is 0 Å². The molecule has 1 amide bonds. The lowest BCUT2D eigenvalue weighted by atomic mass is 9.89. The summed E-state index contributed by atoms with van der Waals surface area (Å²) in [6.45, 7) is 10.9. The maximum Gasteiger partial charge on any atom is 0.292 e. The van der Waals surface area contributed by atoms with Gasteiger partial charge < -0.3 is 10.2 Å². The van der Waals surface area contributed by atoms with Crippen molar-refractivity contribution in [1.82, 2.24) is 9.62 Å². The number of nitrogens with zero attached hydrogens (tertiary/aromatic N) is 3. The van der Waals surface area contributed by atoms with Crippen molar-refractivity contribution in [2.24, 2.45) is 0 Å². The summed E-state index contributed by atoms with van der Waals surface area (Å²) in [4.78, 5) is 25.6. The van der Waals surface area contributed by atoms with Crippen LogP contribution in [0.25, 0.3) is 0 Å². The van der Waals surface area contributed by atoms with Gasteiger partial charge in [0.15, 0.2) is 0 Å². The standard InChI is InChI=1S/C22H28N4O5S.C2H4/c1-4-32(30,31)25-13-11-24(12-14-25)20-10-9-17(15-21(20)26(28)29)16(2)18-7-5-6-8-19(18)22(27)23-3;1-2/h5-10,15-16H,4,11-14H2,1-3H3,(H,23,27);1-2H2. The largest absolute Gasteiger partial charge is 0.363 e. The van der Waals surface area contributed by atoms with Crippen LogP contribution in [0.2, 0.25) is 0 Å². The van der Waals surface area contributed by atoms with Crippen LogP contribution in [0.3, 0.4) is 0 Å². The Morgan fingerprint density at radius 1 is 1.15 bits per heavy atom. The fraction of sp³-hybridized carbons (Fsp3) is 0.375. The summed E-state index contributed by atoms with van der Waals surface area (Å²) in [5.41, 5.74) is 2.48. The number of nitro benzene ring substituents is 1. The Kier molecular flexibility index (Phi) is 9.34. The third kappa shape index (κ3) is 5.81. The van der Waals surface area contributed by atoms with E-state index in [1.54, 1.807) is 38.2 Å². The molecule has 0 aliphatic carbocycles. The van der Waals surface area contributed by atoms with E-state index in [0.29, 0.717) is 37.4 Å². The average Bonchev–Trinajstić information content (AvgIpc) is 2.88. The minimum atomic E-state index is -3.28. The van der Waals surface area contributed by atoms with Gasteiger partial charge in [0.25, 0.3) is 11.6 Å². The highest BCUT2D eigenvalue weighted by atomic mass is 32.2. The van der Waals surface area contributed by atoms with Crippen LogP contribution in [0.4, 0.5) is 11.4 Å². The molecule has 1 fully saturated rings. The molecule has 1 heterocycles. The minimum absolute atomic E-state index is 0.0291. The highest BCUT2D eigenvalue weighted by molar-refractivity contribution is 7.89. The molecule has 0 radical (unpaired) electrons. The summed E-state index contributed by atoms with van der Waals surface area (Å²) < 4.78 is 25.6. The van der Waals surface area contributed by atoms with Gasteiger partial charge in [-0.1, -0.05) is 31.2 Å². The number of benzene rings is 2. The van der Waals surface area contributed by atoms with Crippen molar-refractivity contribution in [2.75, 3.05) is 43.9 Å². The van der Waals surface area contributed by atoms with Gasteiger partial charge in [-0.25, -0.2) is 8.42 Å². The molecule has 2 aromatic carbocycles. The van der Waals surface area contributed by atoms with Crippen LogP contribution in [0.15, 0.2) is 55.6 Å². The van der Waals surface area contributed by atoms with Crippen molar-refractivity contribution in [3.63, 3.8) is 0 Å². The van der Waals surface area contributed by atoms with Gasteiger partial charge in [-0.15, -0.1) is 13.2 Å². The zero-order valence-corrected chi connectivity index (χ0v) is 20.7. The summed E-state index contributed by atoms with van der Waals surface area (Å²) >= 11 is 0. The molecule has 1 saturated heterocycles. The van der Waals surface area contributed by atoms with E-state index in [2.05, 4.69) is 18.5 Å². The van der Waals surface area contributed by atoms with Gasteiger partial charge in [-0.2, -0.15) is 4.31 Å². The third-order valence-electron chi connectivity index (χ3n) is 5.93. The van der Waals surface area contributed by atoms with Crippen molar-refractivity contribution in [2.45, 2.75) is 19.8 Å². The number of anilines is 1. The lowest BCUT2D eigenvalue weighted by Crippen LogP contribution is -2.49. The minimum Gasteiger partial charge on any atom is -0.363 e. The smallest absolute Gasteiger partial charge is 0.292 e. The van der Waals surface area contributed by atoms with Crippen molar-refractivity contribution < 1.29 is 18.1 Å². The molecule has 1 N–H and O–H groups in total. The Balaban J connectivity index is 0.00000199. The Labute approximate surface area is 201 Å².